The van der Waals surface area contributed by atoms with Crippen molar-refractivity contribution in [2.45, 2.75) is 24.7 Å². The normalized spacial score (nSPS) is 15.5. The molecule has 1 aromatic rings. The lowest BCUT2D eigenvalue weighted by Crippen LogP contribution is -2.50. The van der Waals surface area contributed by atoms with E-state index in [4.69, 9.17) is 15.1 Å². The van der Waals surface area contributed by atoms with Gasteiger partial charge < -0.3 is 14.7 Å². The standard InChI is InChI=1S/C18H22N2O5S/c1-2-3-12-25-14-4-6-15(7-5-14)26-13-18(16(21)19-24)8-10-20(11-9-18)17(22)23/h4-7,24H,8-13H2,1H3,(H,19,21)(H,22,23). The highest BCUT2D eigenvalue weighted by molar-refractivity contribution is 7.99. The maximum Gasteiger partial charge on any atom is 0.407 e. The van der Waals surface area contributed by atoms with Crippen LogP contribution in [-0.4, -0.2) is 52.7 Å². The topological polar surface area (TPSA) is 99.1 Å². The van der Waals surface area contributed by atoms with Crippen molar-refractivity contribution in [2.24, 2.45) is 5.41 Å². The zero-order valence-corrected chi connectivity index (χ0v) is 15.3. The van der Waals surface area contributed by atoms with Crippen molar-refractivity contribution in [1.82, 2.24) is 10.4 Å². The minimum absolute atomic E-state index is 0.272. The molecule has 1 aliphatic rings. The number of nitrogens with one attached hydrogen (secondary N) is 1. The largest absolute Gasteiger partial charge is 0.481 e. The molecule has 1 heterocycles. The van der Waals surface area contributed by atoms with Gasteiger partial charge in [-0.25, -0.2) is 10.3 Å². The highest BCUT2D eigenvalue weighted by Gasteiger charge is 2.42. The number of piperidine rings is 1. The first kappa shape index (κ1) is 19.9. The van der Waals surface area contributed by atoms with Gasteiger partial charge in [-0.2, -0.15) is 0 Å². The summed E-state index contributed by atoms with van der Waals surface area (Å²) in [5, 5.41) is 18.2. The summed E-state index contributed by atoms with van der Waals surface area (Å²) in [4.78, 5) is 25.5. The van der Waals surface area contributed by atoms with Gasteiger partial charge in [-0.15, -0.1) is 17.7 Å². The van der Waals surface area contributed by atoms with Crippen LogP contribution < -0.4 is 10.2 Å². The predicted octanol–water partition coefficient (Wildman–Crippen LogP) is 2.45. The van der Waals surface area contributed by atoms with Gasteiger partial charge in [-0.3, -0.25) is 10.0 Å². The molecule has 26 heavy (non-hydrogen) atoms. The Hall–Kier alpha value is -2.37. The van der Waals surface area contributed by atoms with Gasteiger partial charge in [-0.1, -0.05) is 5.92 Å². The molecule has 1 saturated heterocycles. The number of carbonyl (C=O) groups is 2. The maximum absolute atomic E-state index is 12.2. The number of carboxylic acid groups (broad SMARTS) is 1. The number of hydroxylamine groups is 1. The number of amides is 2. The third-order valence-electron chi connectivity index (χ3n) is 4.40. The molecule has 1 aliphatic heterocycles. The molecule has 0 saturated carbocycles. The van der Waals surface area contributed by atoms with Crippen molar-refractivity contribution < 1.29 is 24.6 Å². The first-order chi connectivity index (χ1) is 12.5. The van der Waals surface area contributed by atoms with E-state index in [0.717, 1.165) is 10.6 Å². The first-order valence-corrected chi connectivity index (χ1v) is 9.17. The van der Waals surface area contributed by atoms with Gasteiger partial charge in [0.1, 0.15) is 12.4 Å². The number of hydrogen-bond donors (Lipinski definition) is 3. The molecule has 0 spiro atoms. The number of carbonyl (C=O) groups excluding carboxylic acids is 1. The fraction of sp³-hybridized carbons (Fsp3) is 0.444. The quantitative estimate of drug-likeness (QED) is 0.304. The molecular weight excluding hydrogens is 356 g/mol. The summed E-state index contributed by atoms with van der Waals surface area (Å²) in [7, 11) is 0. The average molecular weight is 378 g/mol. The molecule has 0 radical (unpaired) electrons. The number of rotatable bonds is 6. The number of thioether (sulfide) groups is 1. The zero-order valence-electron chi connectivity index (χ0n) is 14.5. The highest BCUT2D eigenvalue weighted by Crippen LogP contribution is 2.38. The van der Waals surface area contributed by atoms with Crippen LogP contribution in [-0.2, 0) is 4.79 Å². The van der Waals surface area contributed by atoms with E-state index in [2.05, 4.69) is 11.8 Å². The number of nitrogens with zero attached hydrogens (tertiary/aromatic N) is 1. The summed E-state index contributed by atoms with van der Waals surface area (Å²) in [6, 6.07) is 7.48. The Morgan fingerprint density at radius 1 is 1.31 bits per heavy atom. The van der Waals surface area contributed by atoms with Crippen molar-refractivity contribution in [3.05, 3.63) is 24.3 Å². The Morgan fingerprint density at radius 3 is 2.50 bits per heavy atom. The zero-order chi connectivity index (χ0) is 19.0. The van der Waals surface area contributed by atoms with E-state index in [1.165, 1.54) is 16.7 Å². The van der Waals surface area contributed by atoms with Gasteiger partial charge >= 0.3 is 6.09 Å². The van der Waals surface area contributed by atoms with Gasteiger partial charge in [0.2, 0.25) is 0 Å². The van der Waals surface area contributed by atoms with Crippen molar-refractivity contribution in [2.75, 3.05) is 25.4 Å². The SMILES string of the molecule is CC#CCOc1ccc(SCC2(C(=O)NO)CCN(C(=O)O)CC2)cc1. The lowest BCUT2D eigenvalue weighted by atomic mass is 9.79. The Kier molecular flexibility index (Phi) is 7.18. The molecule has 8 heteroatoms. The number of benzene rings is 1. The minimum Gasteiger partial charge on any atom is -0.481 e. The molecule has 140 valence electrons. The lowest BCUT2D eigenvalue weighted by molar-refractivity contribution is -0.141. The molecule has 0 bridgehead atoms. The van der Waals surface area contributed by atoms with E-state index < -0.39 is 17.4 Å². The summed E-state index contributed by atoms with van der Waals surface area (Å²) >= 11 is 1.49. The van der Waals surface area contributed by atoms with Crippen molar-refractivity contribution in [1.29, 1.82) is 0 Å². The molecule has 0 atom stereocenters. The molecule has 7 nitrogen and oxygen atoms in total. The summed E-state index contributed by atoms with van der Waals surface area (Å²) in [6.45, 7) is 2.63. The van der Waals surface area contributed by atoms with Crippen molar-refractivity contribution in [3.63, 3.8) is 0 Å². The molecule has 0 unspecified atom stereocenters. The van der Waals surface area contributed by atoms with E-state index in [1.54, 1.807) is 12.4 Å². The fourth-order valence-electron chi connectivity index (χ4n) is 2.73. The molecule has 0 aromatic heterocycles. The summed E-state index contributed by atoms with van der Waals surface area (Å²) < 4.78 is 5.46. The van der Waals surface area contributed by atoms with Gasteiger partial charge in [0.15, 0.2) is 0 Å². The Bertz CT molecular complexity index is 688. The Balaban J connectivity index is 1.98. The second-order valence-electron chi connectivity index (χ2n) is 5.97. The van der Waals surface area contributed by atoms with Gasteiger partial charge in [0.05, 0.1) is 5.41 Å². The van der Waals surface area contributed by atoms with Crippen LogP contribution in [0.1, 0.15) is 19.8 Å². The van der Waals surface area contributed by atoms with Crippen molar-refractivity contribution >= 4 is 23.8 Å². The minimum atomic E-state index is -0.987. The smallest absolute Gasteiger partial charge is 0.407 e. The van der Waals surface area contributed by atoms with Crippen LogP contribution in [0.15, 0.2) is 29.2 Å². The van der Waals surface area contributed by atoms with Crippen LogP contribution in [0.5, 0.6) is 5.75 Å². The lowest BCUT2D eigenvalue weighted by Gasteiger charge is -2.38. The van der Waals surface area contributed by atoms with Gasteiger partial charge in [0, 0.05) is 23.7 Å². The third kappa shape index (κ3) is 5.07. The van der Waals surface area contributed by atoms with Crippen LogP contribution in [0, 0.1) is 17.3 Å². The fourth-order valence-corrected chi connectivity index (χ4v) is 3.92. The monoisotopic (exact) mass is 378 g/mol. The van der Waals surface area contributed by atoms with Crippen LogP contribution in [0.25, 0.3) is 0 Å². The molecule has 0 aliphatic carbocycles. The highest BCUT2D eigenvalue weighted by atomic mass is 32.2. The van der Waals surface area contributed by atoms with E-state index in [0.29, 0.717) is 25.2 Å². The summed E-state index contributed by atoms with van der Waals surface area (Å²) in [5.41, 5.74) is 0.948. The van der Waals surface area contributed by atoms with Crippen molar-refractivity contribution in [3.8, 4) is 17.6 Å². The predicted molar refractivity (Wildman–Crippen MR) is 97.3 cm³/mol. The Morgan fingerprint density at radius 2 is 1.96 bits per heavy atom. The summed E-state index contributed by atoms with van der Waals surface area (Å²) in [6.07, 6.45) is -0.246. The van der Waals surface area contributed by atoms with E-state index >= 15 is 0 Å². The van der Waals surface area contributed by atoms with E-state index in [9.17, 15) is 9.59 Å². The average Bonchev–Trinajstić information content (AvgIpc) is 2.67. The summed E-state index contributed by atoms with van der Waals surface area (Å²) in [5.74, 6) is 6.29. The Labute approximate surface area is 156 Å². The van der Waals surface area contributed by atoms with E-state index in [-0.39, 0.29) is 13.1 Å². The molecule has 2 rings (SSSR count). The molecule has 1 fully saturated rings. The molecule has 2 amide bonds. The number of likely N-dealkylation sites (tertiary alicyclic amines) is 1. The van der Waals surface area contributed by atoms with Gasteiger partial charge in [0.25, 0.3) is 5.91 Å². The number of ether oxygens (including phenoxy) is 1. The van der Waals surface area contributed by atoms with Crippen LogP contribution in [0.2, 0.25) is 0 Å². The molecule has 3 N–H and O–H groups in total. The third-order valence-corrected chi connectivity index (χ3v) is 5.70. The maximum atomic E-state index is 12.2. The number of hydrogen-bond acceptors (Lipinski definition) is 5. The second kappa shape index (κ2) is 9.36. The van der Waals surface area contributed by atoms with Crippen LogP contribution in [0.3, 0.4) is 0 Å². The second-order valence-corrected chi connectivity index (χ2v) is 7.02. The molecular formula is C18H22N2O5S. The van der Waals surface area contributed by atoms with Crippen LogP contribution >= 0.6 is 11.8 Å². The molecule has 1 aromatic carbocycles. The first-order valence-electron chi connectivity index (χ1n) is 8.18. The van der Waals surface area contributed by atoms with Gasteiger partial charge in [-0.05, 0) is 44.0 Å². The van der Waals surface area contributed by atoms with E-state index in [1.807, 2.05) is 24.3 Å². The van der Waals surface area contributed by atoms with Crippen LogP contribution in [0.4, 0.5) is 4.79 Å².